The van der Waals surface area contributed by atoms with Gasteiger partial charge in [-0.15, -0.1) is 11.3 Å². The average Bonchev–Trinajstić information content (AvgIpc) is 2.84. The third-order valence-electron chi connectivity index (χ3n) is 2.69. The van der Waals surface area contributed by atoms with Crippen molar-refractivity contribution in [3.63, 3.8) is 0 Å². The third-order valence-corrected chi connectivity index (χ3v) is 4.49. The van der Waals surface area contributed by atoms with Crippen LogP contribution in [0.25, 0.3) is 20.7 Å². The zero-order valence-corrected chi connectivity index (χ0v) is 12.2. The summed E-state index contributed by atoms with van der Waals surface area (Å²) >= 11 is 13.6. The summed E-state index contributed by atoms with van der Waals surface area (Å²) in [4.78, 5) is 9.19. The van der Waals surface area contributed by atoms with Crippen LogP contribution in [0.1, 0.15) is 0 Å². The molecule has 19 heavy (non-hydrogen) atoms. The molecule has 1 aromatic carbocycles. The van der Waals surface area contributed by atoms with E-state index in [0.29, 0.717) is 10.2 Å². The number of hydrogen-bond acceptors (Lipinski definition) is 4. The number of thiophene rings is 1. The lowest BCUT2D eigenvalue weighted by molar-refractivity contribution is 0.416. The van der Waals surface area contributed by atoms with E-state index in [1.54, 1.807) is 13.2 Å². The van der Waals surface area contributed by atoms with Crippen LogP contribution in [0.4, 0.5) is 0 Å². The third kappa shape index (κ3) is 2.27. The molecule has 0 unspecified atom stereocenters. The van der Waals surface area contributed by atoms with Crippen LogP contribution in [0.5, 0.6) is 5.75 Å². The van der Waals surface area contributed by atoms with E-state index in [1.165, 1.54) is 17.7 Å². The van der Waals surface area contributed by atoms with E-state index < -0.39 is 0 Å². The minimum absolute atomic E-state index is 0.460. The van der Waals surface area contributed by atoms with Crippen LogP contribution < -0.4 is 4.74 Å². The van der Waals surface area contributed by atoms with Gasteiger partial charge in [-0.3, -0.25) is 0 Å². The molecule has 0 saturated heterocycles. The SMILES string of the molecule is COc1ccc(Cl)cc1-c1cc2ncnc(Cl)c2s1. The fraction of sp³-hybridized carbons (Fsp3) is 0.0769. The Morgan fingerprint density at radius 2 is 2.00 bits per heavy atom. The minimum atomic E-state index is 0.460. The van der Waals surface area contributed by atoms with Crippen LogP contribution in [0.15, 0.2) is 30.6 Å². The second-order valence-corrected chi connectivity index (χ2v) is 5.68. The van der Waals surface area contributed by atoms with Gasteiger partial charge in [0.1, 0.15) is 17.2 Å². The lowest BCUT2D eigenvalue weighted by Crippen LogP contribution is -1.85. The molecule has 0 saturated carbocycles. The van der Waals surface area contributed by atoms with Crippen molar-refractivity contribution < 1.29 is 4.74 Å². The van der Waals surface area contributed by atoms with Gasteiger partial charge in [0.25, 0.3) is 0 Å². The maximum absolute atomic E-state index is 6.06. The molecule has 0 aliphatic carbocycles. The number of nitrogens with zero attached hydrogens (tertiary/aromatic N) is 2. The van der Waals surface area contributed by atoms with Crippen molar-refractivity contribution in [2.45, 2.75) is 0 Å². The van der Waals surface area contributed by atoms with Gasteiger partial charge >= 0.3 is 0 Å². The number of ether oxygens (including phenoxy) is 1. The van der Waals surface area contributed by atoms with E-state index >= 15 is 0 Å². The van der Waals surface area contributed by atoms with E-state index in [-0.39, 0.29) is 0 Å². The van der Waals surface area contributed by atoms with Crippen LogP contribution in [-0.2, 0) is 0 Å². The monoisotopic (exact) mass is 310 g/mol. The molecule has 0 spiro atoms. The molecule has 0 aliphatic heterocycles. The van der Waals surface area contributed by atoms with Crippen molar-refractivity contribution in [1.29, 1.82) is 0 Å². The van der Waals surface area contributed by atoms with E-state index in [1.807, 2.05) is 18.2 Å². The first kappa shape index (κ1) is 12.7. The second kappa shape index (κ2) is 4.96. The summed E-state index contributed by atoms with van der Waals surface area (Å²) in [6, 6.07) is 7.47. The topological polar surface area (TPSA) is 35.0 Å². The molecule has 0 atom stereocenters. The lowest BCUT2D eigenvalue weighted by Gasteiger charge is -2.06. The van der Waals surface area contributed by atoms with Crippen molar-refractivity contribution in [1.82, 2.24) is 9.97 Å². The molecule has 0 aliphatic rings. The Labute approximate surface area is 123 Å². The summed E-state index contributed by atoms with van der Waals surface area (Å²) < 4.78 is 6.22. The summed E-state index contributed by atoms with van der Waals surface area (Å²) in [6.45, 7) is 0. The van der Waals surface area contributed by atoms with E-state index in [9.17, 15) is 0 Å². The van der Waals surface area contributed by atoms with E-state index in [4.69, 9.17) is 27.9 Å². The zero-order chi connectivity index (χ0) is 13.4. The van der Waals surface area contributed by atoms with Gasteiger partial charge in [0, 0.05) is 15.5 Å². The normalized spacial score (nSPS) is 10.9. The maximum atomic E-state index is 6.06. The van der Waals surface area contributed by atoms with E-state index in [2.05, 4.69) is 9.97 Å². The molecule has 3 rings (SSSR count). The highest BCUT2D eigenvalue weighted by Crippen LogP contribution is 2.40. The van der Waals surface area contributed by atoms with Gasteiger partial charge in [-0.1, -0.05) is 23.2 Å². The molecule has 0 fully saturated rings. The molecule has 3 nitrogen and oxygen atoms in total. The smallest absolute Gasteiger partial charge is 0.150 e. The average molecular weight is 311 g/mol. The Balaban J connectivity index is 2.24. The molecule has 0 amide bonds. The number of rotatable bonds is 2. The summed E-state index contributed by atoms with van der Waals surface area (Å²) in [7, 11) is 1.63. The molecule has 0 radical (unpaired) electrons. The number of methoxy groups -OCH3 is 1. The lowest BCUT2D eigenvalue weighted by atomic mass is 10.1. The highest BCUT2D eigenvalue weighted by molar-refractivity contribution is 7.22. The Hall–Kier alpha value is -1.36. The van der Waals surface area contributed by atoms with Crippen molar-refractivity contribution >= 4 is 44.8 Å². The first-order valence-corrected chi connectivity index (χ1v) is 7.00. The van der Waals surface area contributed by atoms with Gasteiger partial charge in [0.05, 0.1) is 17.3 Å². The Morgan fingerprint density at radius 3 is 2.74 bits per heavy atom. The molecule has 2 aromatic heterocycles. The number of fused-ring (bicyclic) bond motifs is 1. The maximum Gasteiger partial charge on any atom is 0.150 e. The predicted molar refractivity (Wildman–Crippen MR) is 79.4 cm³/mol. The molecule has 3 aromatic rings. The van der Waals surface area contributed by atoms with Crippen LogP contribution in [-0.4, -0.2) is 17.1 Å². The highest BCUT2D eigenvalue weighted by Gasteiger charge is 2.13. The van der Waals surface area contributed by atoms with Crippen molar-refractivity contribution in [3.05, 3.63) is 40.8 Å². The quantitative estimate of drug-likeness (QED) is 0.645. The molecular formula is C13H8Cl2N2OS. The van der Waals surface area contributed by atoms with Crippen molar-refractivity contribution in [2.75, 3.05) is 7.11 Å². The van der Waals surface area contributed by atoms with E-state index in [0.717, 1.165) is 26.4 Å². The Kier molecular flexibility index (Phi) is 3.31. The summed E-state index contributed by atoms with van der Waals surface area (Å²) in [5.41, 5.74) is 1.75. The number of benzene rings is 1. The fourth-order valence-corrected chi connectivity index (χ4v) is 3.27. The van der Waals surface area contributed by atoms with Gasteiger partial charge < -0.3 is 4.74 Å². The van der Waals surface area contributed by atoms with Crippen LogP contribution >= 0.6 is 34.5 Å². The molecule has 0 N–H and O–H groups in total. The van der Waals surface area contributed by atoms with Gasteiger partial charge in [-0.05, 0) is 24.3 Å². The summed E-state index contributed by atoms with van der Waals surface area (Å²) in [6.07, 6.45) is 1.45. The molecule has 2 heterocycles. The van der Waals surface area contributed by atoms with Gasteiger partial charge in [-0.25, -0.2) is 9.97 Å². The van der Waals surface area contributed by atoms with Crippen LogP contribution in [0.3, 0.4) is 0 Å². The van der Waals surface area contributed by atoms with Gasteiger partial charge in [0.2, 0.25) is 0 Å². The highest BCUT2D eigenvalue weighted by atomic mass is 35.5. The number of halogens is 2. The fourth-order valence-electron chi connectivity index (χ4n) is 1.83. The second-order valence-electron chi connectivity index (χ2n) is 3.83. The van der Waals surface area contributed by atoms with Crippen molar-refractivity contribution in [3.8, 4) is 16.2 Å². The summed E-state index contributed by atoms with van der Waals surface area (Å²) in [5, 5.41) is 1.12. The van der Waals surface area contributed by atoms with Crippen molar-refractivity contribution in [2.24, 2.45) is 0 Å². The summed E-state index contributed by atoms with van der Waals surface area (Å²) in [5.74, 6) is 0.764. The first-order valence-electron chi connectivity index (χ1n) is 5.43. The Morgan fingerprint density at radius 1 is 1.16 bits per heavy atom. The molecule has 0 bridgehead atoms. The number of hydrogen-bond donors (Lipinski definition) is 0. The molecule has 96 valence electrons. The first-order chi connectivity index (χ1) is 9.19. The van der Waals surface area contributed by atoms with Crippen LogP contribution in [0.2, 0.25) is 10.2 Å². The largest absolute Gasteiger partial charge is 0.496 e. The zero-order valence-electron chi connectivity index (χ0n) is 9.85. The van der Waals surface area contributed by atoms with Crippen LogP contribution in [0, 0.1) is 0 Å². The minimum Gasteiger partial charge on any atom is -0.496 e. The Bertz CT molecular complexity index is 757. The predicted octanol–water partition coefficient (Wildman–Crippen LogP) is 4.67. The van der Waals surface area contributed by atoms with Gasteiger partial charge in [0.15, 0.2) is 0 Å². The standard InChI is InChI=1S/C13H8Cl2N2OS/c1-18-10-3-2-7(14)4-8(10)11-5-9-12(19-11)13(15)17-6-16-9/h2-6H,1H3. The molecule has 6 heteroatoms. The van der Waals surface area contributed by atoms with Gasteiger partial charge in [-0.2, -0.15) is 0 Å². The molecular weight excluding hydrogens is 303 g/mol. The number of aromatic nitrogens is 2.